The Morgan fingerprint density at radius 1 is 1.03 bits per heavy atom. The van der Waals surface area contributed by atoms with Crippen molar-refractivity contribution < 1.29 is 32.2 Å². The van der Waals surface area contributed by atoms with Crippen LogP contribution in [0.25, 0.3) is 0 Å². The lowest BCUT2D eigenvalue weighted by Gasteiger charge is -2.26. The Morgan fingerprint density at radius 3 is 2.35 bits per heavy atom. The first-order valence-electron chi connectivity index (χ1n) is 9.15. The van der Waals surface area contributed by atoms with Crippen LogP contribution in [-0.4, -0.2) is 64.5 Å². The molecule has 1 aliphatic rings. The van der Waals surface area contributed by atoms with Crippen molar-refractivity contribution in [2.45, 2.75) is 4.90 Å². The van der Waals surface area contributed by atoms with E-state index >= 15 is 0 Å². The van der Waals surface area contributed by atoms with Gasteiger partial charge < -0.3 is 14.2 Å². The first-order chi connectivity index (χ1) is 14.7. The lowest BCUT2D eigenvalue weighted by atomic mass is 10.1. The molecule has 8 nitrogen and oxygen atoms in total. The number of ketones is 1. The molecule has 2 aromatic carbocycles. The van der Waals surface area contributed by atoms with Crippen LogP contribution in [-0.2, 0) is 19.5 Å². The lowest BCUT2D eigenvalue weighted by molar-refractivity contribution is 0.0474. The Kier molecular flexibility index (Phi) is 7.55. The number of halogens is 2. The molecular weight excluding hydrogens is 469 g/mol. The summed E-state index contributed by atoms with van der Waals surface area (Å²) < 4.78 is 42.7. The molecule has 0 radical (unpaired) electrons. The van der Waals surface area contributed by atoms with E-state index in [1.165, 1.54) is 47.8 Å². The number of nitrogens with zero attached hydrogens (tertiary/aromatic N) is 1. The molecule has 0 atom stereocenters. The van der Waals surface area contributed by atoms with Gasteiger partial charge in [0.05, 0.1) is 35.9 Å². The third-order valence-electron chi connectivity index (χ3n) is 4.56. The molecule has 0 aromatic heterocycles. The van der Waals surface area contributed by atoms with Gasteiger partial charge in [0.25, 0.3) is 0 Å². The van der Waals surface area contributed by atoms with Crippen LogP contribution in [0.2, 0.25) is 10.0 Å². The number of carbonyl (C=O) groups excluding carboxylic acids is 2. The molecule has 11 heteroatoms. The van der Waals surface area contributed by atoms with E-state index in [4.69, 9.17) is 37.4 Å². The number of esters is 1. The minimum atomic E-state index is -3.92. The fourth-order valence-corrected chi connectivity index (χ4v) is 4.79. The number of methoxy groups -OCH3 is 1. The van der Waals surface area contributed by atoms with Crippen LogP contribution >= 0.6 is 23.2 Å². The highest BCUT2D eigenvalue weighted by atomic mass is 35.5. The van der Waals surface area contributed by atoms with Crippen molar-refractivity contribution in [3.63, 3.8) is 0 Å². The molecule has 1 aliphatic heterocycles. The molecule has 3 rings (SSSR count). The zero-order chi connectivity index (χ0) is 22.6. The van der Waals surface area contributed by atoms with Crippen LogP contribution in [0.1, 0.15) is 20.7 Å². The van der Waals surface area contributed by atoms with E-state index in [2.05, 4.69) is 0 Å². The number of morpholine rings is 1. The van der Waals surface area contributed by atoms with Crippen LogP contribution in [0.4, 0.5) is 0 Å². The van der Waals surface area contributed by atoms with Crippen LogP contribution in [0.15, 0.2) is 41.3 Å². The number of ether oxygens (including phenoxy) is 3. The highest BCUT2D eigenvalue weighted by Crippen LogP contribution is 2.29. The Morgan fingerprint density at radius 2 is 1.71 bits per heavy atom. The Bertz CT molecular complexity index is 1100. The van der Waals surface area contributed by atoms with Crippen molar-refractivity contribution in [3.05, 3.63) is 57.6 Å². The van der Waals surface area contributed by atoms with E-state index in [9.17, 15) is 18.0 Å². The Hall–Kier alpha value is -2.17. The highest BCUT2D eigenvalue weighted by Gasteiger charge is 2.30. The number of sulfonamides is 1. The van der Waals surface area contributed by atoms with E-state index in [0.717, 1.165) is 0 Å². The third-order valence-corrected chi connectivity index (χ3v) is 7.22. The van der Waals surface area contributed by atoms with Gasteiger partial charge in [0, 0.05) is 18.7 Å². The average Bonchev–Trinajstić information content (AvgIpc) is 2.79. The van der Waals surface area contributed by atoms with Gasteiger partial charge in [-0.1, -0.05) is 23.2 Å². The van der Waals surface area contributed by atoms with Gasteiger partial charge in [-0.2, -0.15) is 4.31 Å². The molecule has 0 unspecified atom stereocenters. The van der Waals surface area contributed by atoms with Crippen molar-refractivity contribution in [2.75, 3.05) is 40.0 Å². The smallest absolute Gasteiger partial charge is 0.338 e. The first-order valence-corrected chi connectivity index (χ1v) is 11.3. The molecule has 166 valence electrons. The average molecular weight is 488 g/mol. The van der Waals surface area contributed by atoms with E-state index in [0.29, 0.717) is 5.02 Å². The fourth-order valence-electron chi connectivity index (χ4n) is 2.90. The van der Waals surface area contributed by atoms with Gasteiger partial charge in [-0.05, 0) is 36.4 Å². The van der Waals surface area contributed by atoms with Crippen LogP contribution in [0.5, 0.6) is 5.75 Å². The molecule has 2 aromatic rings. The topological polar surface area (TPSA) is 99.2 Å². The highest BCUT2D eigenvalue weighted by molar-refractivity contribution is 7.89. The molecule has 1 saturated heterocycles. The van der Waals surface area contributed by atoms with Crippen molar-refractivity contribution in [1.82, 2.24) is 4.31 Å². The van der Waals surface area contributed by atoms with Gasteiger partial charge in [-0.3, -0.25) is 4.79 Å². The molecule has 0 spiro atoms. The lowest BCUT2D eigenvalue weighted by Crippen LogP contribution is -2.40. The number of Topliss-reactive ketones (excluding diaryl/α,β-unsaturated/α-hetero) is 1. The number of carbonyl (C=O) groups is 2. The quantitative estimate of drug-likeness (QED) is 0.436. The minimum Gasteiger partial charge on any atom is -0.495 e. The second kappa shape index (κ2) is 9.97. The van der Waals surface area contributed by atoms with E-state index in [-0.39, 0.29) is 53.1 Å². The largest absolute Gasteiger partial charge is 0.495 e. The predicted molar refractivity (Wildman–Crippen MR) is 114 cm³/mol. The van der Waals surface area contributed by atoms with Crippen LogP contribution in [0, 0.1) is 0 Å². The second-order valence-electron chi connectivity index (χ2n) is 6.51. The zero-order valence-electron chi connectivity index (χ0n) is 16.5. The summed E-state index contributed by atoms with van der Waals surface area (Å²) in [7, 11) is -2.58. The number of hydrogen-bond donors (Lipinski definition) is 0. The SMILES string of the molecule is COc1ccc(C(=O)OCC(=O)c2ccc(Cl)c(Cl)c2)cc1S(=O)(=O)N1CCOCC1. The van der Waals surface area contributed by atoms with E-state index < -0.39 is 28.4 Å². The van der Waals surface area contributed by atoms with Crippen molar-refractivity contribution in [3.8, 4) is 5.75 Å². The van der Waals surface area contributed by atoms with E-state index in [1.807, 2.05) is 0 Å². The number of benzene rings is 2. The standard InChI is InChI=1S/C20H19Cl2NO7S/c1-28-18-5-3-14(11-19(18)31(26,27)23-6-8-29-9-7-23)20(25)30-12-17(24)13-2-4-15(21)16(22)10-13/h2-5,10-11H,6-9,12H2,1H3. The zero-order valence-corrected chi connectivity index (χ0v) is 18.8. The van der Waals surface area contributed by atoms with Gasteiger partial charge in [-0.25, -0.2) is 13.2 Å². The molecule has 31 heavy (non-hydrogen) atoms. The summed E-state index contributed by atoms with van der Waals surface area (Å²) >= 11 is 11.7. The van der Waals surface area contributed by atoms with Crippen molar-refractivity contribution >= 4 is 45.0 Å². The maximum atomic E-state index is 13.0. The summed E-state index contributed by atoms with van der Waals surface area (Å²) in [5, 5.41) is 0.495. The maximum absolute atomic E-state index is 13.0. The van der Waals surface area contributed by atoms with Gasteiger partial charge in [-0.15, -0.1) is 0 Å². The van der Waals surface area contributed by atoms with Gasteiger partial charge >= 0.3 is 5.97 Å². The molecular formula is C20H19Cl2NO7S. The molecule has 1 heterocycles. The number of rotatable bonds is 7. The summed E-state index contributed by atoms with van der Waals surface area (Å²) in [4.78, 5) is 24.6. The molecule has 0 bridgehead atoms. The van der Waals surface area contributed by atoms with E-state index in [1.54, 1.807) is 0 Å². The van der Waals surface area contributed by atoms with Crippen LogP contribution < -0.4 is 4.74 Å². The summed E-state index contributed by atoms with van der Waals surface area (Å²) in [5.41, 5.74) is 0.196. The predicted octanol–water partition coefficient (Wildman–Crippen LogP) is 3.06. The summed E-state index contributed by atoms with van der Waals surface area (Å²) in [6.45, 7) is 0.394. The third kappa shape index (κ3) is 5.36. The molecule has 0 saturated carbocycles. The van der Waals surface area contributed by atoms with Gasteiger partial charge in [0.1, 0.15) is 10.6 Å². The second-order valence-corrected chi connectivity index (χ2v) is 9.23. The summed E-state index contributed by atoms with van der Waals surface area (Å²) in [5.74, 6) is -1.24. The monoisotopic (exact) mass is 487 g/mol. The van der Waals surface area contributed by atoms with Crippen molar-refractivity contribution in [1.29, 1.82) is 0 Å². The van der Waals surface area contributed by atoms with Crippen molar-refractivity contribution in [2.24, 2.45) is 0 Å². The molecule has 0 aliphatic carbocycles. The van der Waals surface area contributed by atoms with Crippen LogP contribution in [0.3, 0.4) is 0 Å². The molecule has 0 N–H and O–H groups in total. The van der Waals surface area contributed by atoms with Gasteiger partial charge in [0.15, 0.2) is 12.4 Å². The fraction of sp³-hybridized carbons (Fsp3) is 0.300. The first kappa shape index (κ1) is 23.5. The number of hydrogen-bond acceptors (Lipinski definition) is 7. The molecule has 1 fully saturated rings. The normalized spacial score (nSPS) is 14.8. The Balaban J connectivity index is 1.77. The summed E-state index contributed by atoms with van der Waals surface area (Å²) in [6.07, 6.45) is 0. The van der Waals surface area contributed by atoms with Gasteiger partial charge in [0.2, 0.25) is 10.0 Å². The maximum Gasteiger partial charge on any atom is 0.338 e. The Labute approximate surface area is 189 Å². The minimum absolute atomic E-state index is 0.0328. The summed E-state index contributed by atoms with van der Waals surface area (Å²) in [6, 6.07) is 8.21. The molecule has 0 amide bonds.